The van der Waals surface area contributed by atoms with Gasteiger partial charge in [-0.2, -0.15) is 0 Å². The fourth-order valence-electron chi connectivity index (χ4n) is 1.33. The third kappa shape index (κ3) is 1.50. The van der Waals surface area contributed by atoms with Crippen LogP contribution < -0.4 is 0 Å². The summed E-state index contributed by atoms with van der Waals surface area (Å²) < 4.78 is 0. The van der Waals surface area contributed by atoms with Crippen LogP contribution in [0.5, 0.6) is 0 Å². The molecule has 8 heavy (non-hydrogen) atoms. The summed E-state index contributed by atoms with van der Waals surface area (Å²) in [6.07, 6.45) is 2.96. The summed E-state index contributed by atoms with van der Waals surface area (Å²) in [4.78, 5) is 0. The highest BCUT2D eigenvalue weighted by Crippen LogP contribution is 2.42. The lowest BCUT2D eigenvalue weighted by Crippen LogP contribution is -1.88. The number of hydrogen-bond acceptors (Lipinski definition) is 0. The highest BCUT2D eigenvalue weighted by atomic mass is 14.4. The smallest absolute Gasteiger partial charge is 0.0383 e. The molecule has 1 rings (SSSR count). The summed E-state index contributed by atoms with van der Waals surface area (Å²) in [6.45, 7) is 6.98. The summed E-state index contributed by atoms with van der Waals surface area (Å²) >= 11 is 0. The monoisotopic (exact) mass is 112 g/mol. The van der Waals surface area contributed by atoms with Crippen LogP contribution in [0, 0.1) is 17.8 Å². The van der Waals surface area contributed by atoms with Crippen molar-refractivity contribution in [3.05, 3.63) is 0 Å². The highest BCUT2D eigenvalue weighted by molar-refractivity contribution is 4.82. The van der Waals surface area contributed by atoms with Crippen LogP contribution >= 0.6 is 0 Å². The van der Waals surface area contributed by atoms with Crippen molar-refractivity contribution >= 4 is 0 Å². The average molecular weight is 112 g/mol. The van der Waals surface area contributed by atoms with Gasteiger partial charge in [0.2, 0.25) is 0 Å². The molecule has 1 aliphatic carbocycles. The van der Waals surface area contributed by atoms with Crippen LogP contribution in [-0.2, 0) is 0 Å². The largest absolute Gasteiger partial charge is 0.0628 e. The quantitative estimate of drug-likeness (QED) is 0.515. The molecule has 0 N–H and O–H groups in total. The van der Waals surface area contributed by atoms with Crippen molar-refractivity contribution < 1.29 is 0 Å². The lowest BCUT2D eigenvalue weighted by Gasteiger charge is -1.99. The molecule has 0 aromatic carbocycles. The third-order valence-corrected chi connectivity index (χ3v) is 2.05. The van der Waals surface area contributed by atoms with E-state index in [1.807, 2.05) is 0 Å². The van der Waals surface area contributed by atoms with Gasteiger partial charge in [0.25, 0.3) is 0 Å². The number of hydrogen-bond donors (Lipinski definition) is 0. The SMILES string of the molecule is CC(C)C[C@H]1C[C@@H]1C. The van der Waals surface area contributed by atoms with E-state index in [0.717, 1.165) is 17.8 Å². The van der Waals surface area contributed by atoms with Crippen molar-refractivity contribution in [2.24, 2.45) is 17.8 Å². The van der Waals surface area contributed by atoms with E-state index in [2.05, 4.69) is 20.8 Å². The zero-order chi connectivity index (χ0) is 6.15. The standard InChI is InChI=1S/C8H16/c1-6(2)4-8-5-7(8)3/h6-8H,4-5H2,1-3H3/t7-,8-/m0/s1. The van der Waals surface area contributed by atoms with Crippen molar-refractivity contribution in [2.75, 3.05) is 0 Å². The van der Waals surface area contributed by atoms with Crippen molar-refractivity contribution in [3.8, 4) is 0 Å². The van der Waals surface area contributed by atoms with Gasteiger partial charge in [-0.3, -0.25) is 0 Å². The van der Waals surface area contributed by atoms with Gasteiger partial charge in [0, 0.05) is 0 Å². The van der Waals surface area contributed by atoms with Crippen molar-refractivity contribution in [1.29, 1.82) is 0 Å². The first kappa shape index (κ1) is 6.12. The Morgan fingerprint density at radius 2 is 2.00 bits per heavy atom. The van der Waals surface area contributed by atoms with Gasteiger partial charge in [-0.1, -0.05) is 20.8 Å². The van der Waals surface area contributed by atoms with Gasteiger partial charge in [0.05, 0.1) is 0 Å². The Kier molecular flexibility index (Phi) is 1.59. The molecular weight excluding hydrogens is 96.1 g/mol. The molecule has 1 saturated carbocycles. The Bertz CT molecular complexity index is 74.1. The van der Waals surface area contributed by atoms with E-state index in [1.165, 1.54) is 12.8 Å². The maximum atomic E-state index is 2.35. The second-order valence-electron chi connectivity index (χ2n) is 3.60. The van der Waals surface area contributed by atoms with Gasteiger partial charge < -0.3 is 0 Å². The van der Waals surface area contributed by atoms with Crippen molar-refractivity contribution in [1.82, 2.24) is 0 Å². The highest BCUT2D eigenvalue weighted by Gasteiger charge is 2.32. The average Bonchev–Trinajstić information content (AvgIpc) is 2.17. The van der Waals surface area contributed by atoms with E-state index in [9.17, 15) is 0 Å². The first-order chi connectivity index (χ1) is 3.70. The third-order valence-electron chi connectivity index (χ3n) is 2.05. The summed E-state index contributed by atoms with van der Waals surface area (Å²) in [6, 6.07) is 0. The molecule has 1 fully saturated rings. The molecule has 0 radical (unpaired) electrons. The van der Waals surface area contributed by atoms with Crippen LogP contribution in [0.3, 0.4) is 0 Å². The van der Waals surface area contributed by atoms with E-state index in [4.69, 9.17) is 0 Å². The molecule has 0 bridgehead atoms. The zero-order valence-corrected chi connectivity index (χ0v) is 6.15. The topological polar surface area (TPSA) is 0 Å². The lowest BCUT2D eigenvalue weighted by molar-refractivity contribution is 0.520. The molecule has 0 heteroatoms. The maximum absolute atomic E-state index is 2.35. The maximum Gasteiger partial charge on any atom is -0.0383 e. The van der Waals surface area contributed by atoms with Gasteiger partial charge in [-0.15, -0.1) is 0 Å². The molecule has 48 valence electrons. The first-order valence-corrected chi connectivity index (χ1v) is 3.70. The van der Waals surface area contributed by atoms with Gasteiger partial charge in [0.15, 0.2) is 0 Å². The molecule has 0 aromatic rings. The van der Waals surface area contributed by atoms with Crippen LogP contribution in [0.15, 0.2) is 0 Å². The molecule has 0 unspecified atom stereocenters. The van der Waals surface area contributed by atoms with Crippen LogP contribution in [0.1, 0.15) is 33.6 Å². The molecule has 0 aromatic heterocycles. The van der Waals surface area contributed by atoms with Crippen LogP contribution in [0.4, 0.5) is 0 Å². The van der Waals surface area contributed by atoms with Gasteiger partial charge in [-0.05, 0) is 30.6 Å². The minimum atomic E-state index is 0.921. The van der Waals surface area contributed by atoms with Gasteiger partial charge in [0.1, 0.15) is 0 Å². The van der Waals surface area contributed by atoms with E-state index < -0.39 is 0 Å². The Labute approximate surface area is 52.3 Å². The van der Waals surface area contributed by atoms with Gasteiger partial charge in [-0.25, -0.2) is 0 Å². The minimum Gasteiger partial charge on any atom is -0.0628 e. The molecule has 0 heterocycles. The summed E-state index contributed by atoms with van der Waals surface area (Å²) in [7, 11) is 0. The summed E-state index contributed by atoms with van der Waals surface area (Å²) in [5.74, 6) is 3.07. The molecular formula is C8H16. The molecule has 0 saturated heterocycles. The molecule has 2 atom stereocenters. The van der Waals surface area contributed by atoms with Crippen LogP contribution in [-0.4, -0.2) is 0 Å². The summed E-state index contributed by atoms with van der Waals surface area (Å²) in [5, 5.41) is 0. The molecule has 1 aliphatic rings. The van der Waals surface area contributed by atoms with E-state index in [-0.39, 0.29) is 0 Å². The van der Waals surface area contributed by atoms with Crippen molar-refractivity contribution in [3.63, 3.8) is 0 Å². The second-order valence-corrected chi connectivity index (χ2v) is 3.60. The van der Waals surface area contributed by atoms with Gasteiger partial charge >= 0.3 is 0 Å². The van der Waals surface area contributed by atoms with Crippen molar-refractivity contribution in [2.45, 2.75) is 33.6 Å². The van der Waals surface area contributed by atoms with Crippen LogP contribution in [0.2, 0.25) is 0 Å². The molecule has 0 amide bonds. The Hall–Kier alpha value is 0. The minimum absolute atomic E-state index is 0.921. The normalized spacial score (nSPS) is 36.0. The predicted molar refractivity (Wildman–Crippen MR) is 36.7 cm³/mol. The first-order valence-electron chi connectivity index (χ1n) is 3.70. The zero-order valence-electron chi connectivity index (χ0n) is 6.15. The van der Waals surface area contributed by atoms with Crippen LogP contribution in [0.25, 0.3) is 0 Å². The summed E-state index contributed by atoms with van der Waals surface area (Å²) in [5.41, 5.74) is 0. The van der Waals surface area contributed by atoms with E-state index in [1.54, 1.807) is 0 Å². The Morgan fingerprint density at radius 1 is 1.50 bits per heavy atom. The predicted octanol–water partition coefficient (Wildman–Crippen LogP) is 2.69. The molecule has 0 spiro atoms. The molecule has 0 nitrogen and oxygen atoms in total. The lowest BCUT2D eigenvalue weighted by atomic mass is 10.1. The fourth-order valence-corrected chi connectivity index (χ4v) is 1.33. The Morgan fingerprint density at radius 3 is 2.12 bits per heavy atom. The fraction of sp³-hybridized carbons (Fsp3) is 1.00. The van der Waals surface area contributed by atoms with E-state index in [0.29, 0.717) is 0 Å². The molecule has 0 aliphatic heterocycles. The Balaban J connectivity index is 2.05. The number of rotatable bonds is 2. The second kappa shape index (κ2) is 2.08. The van der Waals surface area contributed by atoms with E-state index >= 15 is 0 Å².